The quantitative estimate of drug-likeness (QED) is 0.383. The van der Waals surface area contributed by atoms with E-state index in [0.29, 0.717) is 17.9 Å². The maximum atomic E-state index is 5.59. The van der Waals surface area contributed by atoms with Gasteiger partial charge in [-0.05, 0) is 67.8 Å². The molecule has 7 rings (SSSR count). The van der Waals surface area contributed by atoms with Crippen molar-refractivity contribution in [2.24, 2.45) is 13.0 Å². The Kier molecular flexibility index (Phi) is 6.19. The van der Waals surface area contributed by atoms with Crippen LogP contribution in [0.1, 0.15) is 35.8 Å². The molecule has 0 spiro atoms. The number of hydrogen-bond donors (Lipinski definition) is 0. The minimum Gasteiger partial charge on any atom is -0.463 e. The Labute approximate surface area is 206 Å². The molecule has 3 aliphatic rings. The van der Waals surface area contributed by atoms with Gasteiger partial charge in [-0.15, -0.1) is 0 Å². The highest BCUT2D eigenvalue weighted by molar-refractivity contribution is 5.52. The van der Waals surface area contributed by atoms with Crippen molar-refractivity contribution < 1.29 is 4.42 Å². The van der Waals surface area contributed by atoms with Crippen LogP contribution in [-0.4, -0.2) is 55.2 Å². The highest BCUT2D eigenvalue weighted by Crippen LogP contribution is 2.42. The smallest absolute Gasteiger partial charge is 0.154 e. The fraction of sp³-hybridized carbons (Fsp3) is 0.393. The normalized spacial score (nSPS) is 23.7. The van der Waals surface area contributed by atoms with Gasteiger partial charge in [0.25, 0.3) is 0 Å². The van der Waals surface area contributed by atoms with Crippen LogP contribution in [-0.2, 0) is 20.1 Å². The van der Waals surface area contributed by atoms with Crippen LogP contribution >= 0.6 is 0 Å². The molecule has 0 radical (unpaired) electrons. The summed E-state index contributed by atoms with van der Waals surface area (Å²) in [5.74, 6) is 2.03. The Morgan fingerprint density at radius 2 is 1.77 bits per heavy atom. The summed E-state index contributed by atoms with van der Waals surface area (Å²) in [6.45, 7) is 4.97. The van der Waals surface area contributed by atoms with Crippen LogP contribution in [0.2, 0.25) is 0 Å². The van der Waals surface area contributed by atoms with E-state index in [2.05, 4.69) is 61.8 Å². The minimum absolute atomic E-state index is 0.515. The molecule has 3 saturated heterocycles. The van der Waals surface area contributed by atoms with E-state index in [1.165, 1.54) is 25.1 Å². The first kappa shape index (κ1) is 22.2. The number of hydrogen-bond acceptors (Lipinski definition) is 6. The Morgan fingerprint density at radius 3 is 2.37 bits per heavy atom. The van der Waals surface area contributed by atoms with Crippen LogP contribution in [0.4, 0.5) is 0 Å². The monoisotopic (exact) mass is 468 g/mol. The van der Waals surface area contributed by atoms with Crippen molar-refractivity contribution in [1.29, 1.82) is 0 Å². The molecular formula is C28H32N6O. The molecule has 7 nitrogen and oxygen atoms in total. The zero-order valence-corrected chi connectivity index (χ0v) is 20.2. The second kappa shape index (κ2) is 9.76. The van der Waals surface area contributed by atoms with Gasteiger partial charge >= 0.3 is 0 Å². The summed E-state index contributed by atoms with van der Waals surface area (Å²) in [6, 6.07) is 19.0. The zero-order valence-electron chi connectivity index (χ0n) is 20.2. The molecule has 180 valence electrons. The number of furan rings is 1. The first-order valence-electron chi connectivity index (χ1n) is 12.6. The van der Waals surface area contributed by atoms with Gasteiger partial charge in [-0.2, -0.15) is 5.10 Å². The van der Waals surface area contributed by atoms with Crippen molar-refractivity contribution in [1.82, 2.24) is 29.5 Å². The number of rotatable bonds is 8. The Balaban J connectivity index is 1.18. The van der Waals surface area contributed by atoms with Gasteiger partial charge in [0.15, 0.2) is 5.76 Å². The second-order valence-corrected chi connectivity index (χ2v) is 9.91. The lowest BCUT2D eigenvalue weighted by atomic mass is 9.74. The van der Waals surface area contributed by atoms with Crippen LogP contribution in [0.5, 0.6) is 0 Å². The summed E-state index contributed by atoms with van der Waals surface area (Å²) < 4.78 is 7.66. The lowest BCUT2D eigenvalue weighted by Gasteiger charge is -2.51. The van der Waals surface area contributed by atoms with E-state index in [0.717, 1.165) is 49.0 Å². The van der Waals surface area contributed by atoms with E-state index >= 15 is 0 Å². The second-order valence-electron chi connectivity index (χ2n) is 9.91. The number of aromatic nitrogens is 4. The predicted octanol–water partition coefficient (Wildman–Crippen LogP) is 4.35. The molecule has 1 unspecified atom stereocenters. The Hall–Kier alpha value is -3.29. The fourth-order valence-corrected chi connectivity index (χ4v) is 5.96. The van der Waals surface area contributed by atoms with E-state index in [1.54, 1.807) is 6.26 Å². The van der Waals surface area contributed by atoms with E-state index in [1.807, 2.05) is 36.7 Å². The number of piperidine rings is 3. The minimum atomic E-state index is 0.515. The molecule has 3 aliphatic heterocycles. The van der Waals surface area contributed by atoms with Gasteiger partial charge < -0.3 is 4.42 Å². The van der Waals surface area contributed by atoms with Gasteiger partial charge in [0.05, 0.1) is 17.7 Å². The molecule has 4 aromatic rings. The molecule has 4 atom stereocenters. The molecule has 35 heavy (non-hydrogen) atoms. The Bertz CT molecular complexity index is 1180. The number of pyridine rings is 2. The molecule has 0 amide bonds. The molecule has 7 heterocycles. The van der Waals surface area contributed by atoms with Gasteiger partial charge in [0.1, 0.15) is 5.69 Å². The highest BCUT2D eigenvalue weighted by Gasteiger charge is 2.42. The molecule has 4 aromatic heterocycles. The maximum absolute atomic E-state index is 5.59. The Morgan fingerprint density at radius 1 is 1.00 bits per heavy atom. The van der Waals surface area contributed by atoms with E-state index in [9.17, 15) is 0 Å². The molecule has 7 heteroatoms. The van der Waals surface area contributed by atoms with Gasteiger partial charge in [0.2, 0.25) is 0 Å². The lowest BCUT2D eigenvalue weighted by molar-refractivity contribution is 0.00727. The predicted molar refractivity (Wildman–Crippen MR) is 134 cm³/mol. The van der Waals surface area contributed by atoms with Crippen molar-refractivity contribution >= 4 is 0 Å². The van der Waals surface area contributed by atoms with Gasteiger partial charge in [0, 0.05) is 63.3 Å². The summed E-state index contributed by atoms with van der Waals surface area (Å²) >= 11 is 0. The van der Waals surface area contributed by atoms with Gasteiger partial charge in [-0.1, -0.05) is 12.1 Å². The molecule has 0 aliphatic carbocycles. The third kappa shape index (κ3) is 4.79. The third-order valence-electron chi connectivity index (χ3n) is 7.64. The first-order valence-corrected chi connectivity index (χ1v) is 12.6. The molecule has 2 bridgehead atoms. The SMILES string of the molecule is Cn1nc(-c2ccco2)cc1[C@@H]1CN2CC[C@H]1C[C@@H]2CN(Cc1ccccn1)Cc1ccccn1. The molecule has 0 saturated carbocycles. The summed E-state index contributed by atoms with van der Waals surface area (Å²) in [5.41, 5.74) is 4.47. The molecule has 0 aromatic carbocycles. The van der Waals surface area contributed by atoms with Crippen LogP contribution in [0, 0.1) is 5.92 Å². The maximum Gasteiger partial charge on any atom is 0.154 e. The van der Waals surface area contributed by atoms with Crippen LogP contribution in [0.15, 0.2) is 77.7 Å². The number of nitrogens with zero attached hydrogens (tertiary/aromatic N) is 6. The van der Waals surface area contributed by atoms with Gasteiger partial charge in [-0.25, -0.2) is 0 Å². The number of fused-ring (bicyclic) bond motifs is 3. The van der Waals surface area contributed by atoms with Crippen molar-refractivity contribution in [3.63, 3.8) is 0 Å². The summed E-state index contributed by atoms with van der Waals surface area (Å²) in [6.07, 6.45) is 7.95. The van der Waals surface area contributed by atoms with Crippen LogP contribution in [0.25, 0.3) is 11.5 Å². The third-order valence-corrected chi connectivity index (χ3v) is 7.64. The molecule has 3 fully saturated rings. The highest BCUT2D eigenvalue weighted by atomic mass is 16.3. The first-order chi connectivity index (χ1) is 17.2. The van der Waals surface area contributed by atoms with Crippen molar-refractivity contribution in [3.05, 3.63) is 90.3 Å². The van der Waals surface area contributed by atoms with Crippen LogP contribution in [0.3, 0.4) is 0 Å². The largest absolute Gasteiger partial charge is 0.463 e. The summed E-state index contributed by atoms with van der Waals surface area (Å²) in [7, 11) is 2.07. The van der Waals surface area contributed by atoms with Crippen molar-refractivity contribution in [2.45, 2.75) is 37.9 Å². The van der Waals surface area contributed by atoms with E-state index in [4.69, 9.17) is 9.52 Å². The zero-order chi connectivity index (χ0) is 23.6. The van der Waals surface area contributed by atoms with Gasteiger partial charge in [-0.3, -0.25) is 24.4 Å². The molecule has 0 N–H and O–H groups in total. The van der Waals surface area contributed by atoms with Crippen molar-refractivity contribution in [3.8, 4) is 11.5 Å². The average molecular weight is 469 g/mol. The summed E-state index contributed by atoms with van der Waals surface area (Å²) in [4.78, 5) is 14.4. The van der Waals surface area contributed by atoms with Crippen LogP contribution < -0.4 is 0 Å². The lowest BCUT2D eigenvalue weighted by Crippen LogP contribution is -2.56. The van der Waals surface area contributed by atoms with Crippen molar-refractivity contribution in [2.75, 3.05) is 19.6 Å². The standard InChI is InChI=1S/C28H32N6O/c1-32-27(16-26(31-32)28-9-6-14-35-28)25-20-34-13-10-21(25)15-24(34)19-33(17-22-7-2-4-11-29-22)18-23-8-3-5-12-30-23/h2-9,11-12,14,16,21,24-25H,10,13,15,17-20H2,1H3/t21-,24+,25+/m0/s1. The average Bonchev–Trinajstić information content (AvgIpc) is 3.56. The number of aryl methyl sites for hydroxylation is 1. The summed E-state index contributed by atoms with van der Waals surface area (Å²) in [5, 5.41) is 4.76. The fourth-order valence-electron chi connectivity index (χ4n) is 5.96. The topological polar surface area (TPSA) is 63.2 Å². The van der Waals surface area contributed by atoms with E-state index in [-0.39, 0.29) is 0 Å². The van der Waals surface area contributed by atoms with E-state index < -0.39 is 0 Å². The molecular weight excluding hydrogens is 436 g/mol.